The maximum Gasteiger partial charge on any atom is 0.313 e. The summed E-state index contributed by atoms with van der Waals surface area (Å²) in [6, 6.07) is 5.97. The van der Waals surface area contributed by atoms with Gasteiger partial charge < -0.3 is 30.3 Å². The van der Waals surface area contributed by atoms with E-state index in [1.807, 2.05) is 0 Å². The molecular formula is C43H20F12N4O6S3. The van der Waals surface area contributed by atoms with Crippen molar-refractivity contribution in [3.8, 4) is 33.4 Å². The Kier molecular flexibility index (Phi) is 12.7. The van der Waals surface area contributed by atoms with Crippen molar-refractivity contribution in [1.82, 2.24) is 19.9 Å². The Balaban J connectivity index is 1.56. The lowest BCUT2D eigenvalue weighted by molar-refractivity contribution is -0.134. The van der Waals surface area contributed by atoms with E-state index in [-0.39, 0.29) is 46.5 Å². The van der Waals surface area contributed by atoms with Gasteiger partial charge in [0, 0.05) is 44.3 Å². The van der Waals surface area contributed by atoms with Crippen molar-refractivity contribution >= 4 is 98.4 Å². The maximum absolute atomic E-state index is 16.4. The van der Waals surface area contributed by atoms with Crippen molar-refractivity contribution in [3.05, 3.63) is 118 Å². The molecule has 0 fully saturated rings. The number of aliphatic carboxylic acids is 3. The summed E-state index contributed by atoms with van der Waals surface area (Å²) in [5.41, 5.74) is -10.6. The van der Waals surface area contributed by atoms with Crippen LogP contribution in [-0.4, -0.2) is 70.4 Å². The van der Waals surface area contributed by atoms with Crippen LogP contribution in [0.3, 0.4) is 0 Å². The zero-order valence-electron chi connectivity index (χ0n) is 33.0. The van der Waals surface area contributed by atoms with E-state index in [1.165, 1.54) is 12.1 Å². The molecule has 4 aromatic heterocycles. The van der Waals surface area contributed by atoms with Crippen LogP contribution in [0.25, 0.3) is 78.6 Å². The number of hydrogen-bond acceptors (Lipinski definition) is 7. The predicted molar refractivity (Wildman–Crippen MR) is 226 cm³/mol. The molecule has 68 heavy (non-hydrogen) atoms. The molecule has 8 bridgehead atoms. The van der Waals surface area contributed by atoms with Crippen molar-refractivity contribution in [2.75, 3.05) is 17.3 Å². The van der Waals surface area contributed by atoms with Crippen LogP contribution >= 0.6 is 35.3 Å². The van der Waals surface area contributed by atoms with Gasteiger partial charge in [-0.15, -0.1) is 35.3 Å². The predicted octanol–water partition coefficient (Wildman–Crippen LogP) is 11.9. The minimum atomic E-state index is -2.17. The van der Waals surface area contributed by atoms with Gasteiger partial charge in [0.25, 0.3) is 0 Å². The van der Waals surface area contributed by atoms with E-state index in [1.54, 1.807) is 0 Å². The number of carbonyl (C=O) groups is 3. The molecule has 0 saturated carbocycles. The van der Waals surface area contributed by atoms with E-state index in [0.29, 0.717) is 0 Å². The number of nitrogens with one attached hydrogen (secondary N) is 3. The van der Waals surface area contributed by atoms with Crippen molar-refractivity contribution in [1.29, 1.82) is 0 Å². The molecule has 5 heterocycles. The van der Waals surface area contributed by atoms with Gasteiger partial charge in [-0.05, 0) is 48.6 Å². The monoisotopic (exact) mass is 1010 g/mol. The van der Waals surface area contributed by atoms with Gasteiger partial charge in [0.05, 0.1) is 65.5 Å². The largest absolute Gasteiger partial charge is 0.481 e. The third kappa shape index (κ3) is 8.16. The fourth-order valence-corrected chi connectivity index (χ4v) is 9.32. The van der Waals surface area contributed by atoms with Gasteiger partial charge >= 0.3 is 17.9 Å². The first-order valence-electron chi connectivity index (χ1n) is 18.7. The van der Waals surface area contributed by atoms with Gasteiger partial charge in [0.1, 0.15) is 0 Å². The third-order valence-corrected chi connectivity index (χ3v) is 13.1. The molecule has 3 aromatic carbocycles. The lowest BCUT2D eigenvalue weighted by Gasteiger charge is -2.13. The maximum atomic E-state index is 16.4. The quantitative estimate of drug-likeness (QED) is 0.0393. The van der Waals surface area contributed by atoms with Crippen LogP contribution in [0.2, 0.25) is 0 Å². The Bertz CT molecular complexity index is 3430. The molecule has 1 aliphatic rings. The molecule has 0 unspecified atom stereocenters. The number of benzene rings is 3. The van der Waals surface area contributed by atoms with E-state index in [2.05, 4.69) is 19.9 Å². The molecule has 8 rings (SSSR count). The number of aromatic nitrogens is 4. The number of halogens is 12. The minimum Gasteiger partial charge on any atom is -0.481 e. The Morgan fingerprint density at radius 3 is 0.926 bits per heavy atom. The van der Waals surface area contributed by atoms with Crippen LogP contribution in [-0.2, 0) is 14.4 Å². The van der Waals surface area contributed by atoms with Crippen molar-refractivity contribution in [2.45, 2.75) is 14.7 Å². The summed E-state index contributed by atoms with van der Waals surface area (Å²) in [6.45, 7) is 0. The van der Waals surface area contributed by atoms with E-state index in [4.69, 9.17) is 15.3 Å². The van der Waals surface area contributed by atoms with Crippen LogP contribution in [0.5, 0.6) is 0 Å². The molecule has 7 aromatic rings. The van der Waals surface area contributed by atoms with E-state index in [9.17, 15) is 14.4 Å². The van der Waals surface area contributed by atoms with Gasteiger partial charge in [-0.3, -0.25) is 14.4 Å². The molecule has 10 nitrogen and oxygen atoms in total. The number of rotatable bonds is 12. The Labute approximate surface area is 382 Å². The summed E-state index contributed by atoms with van der Waals surface area (Å²) in [7, 11) is 0. The Morgan fingerprint density at radius 1 is 0.368 bits per heavy atom. The topological polar surface area (TPSA) is 172 Å². The first kappa shape index (κ1) is 47.5. The number of nitrogens with zero attached hydrogens (tertiary/aromatic N) is 1. The standard InChI is InChI=1S/C43H20F12N4O6S3/c44-29-26(30(45)36(51)41(35(29)50)66-9-20(60)61)23-14-3-1-12(56-14)13-2-4-15(57-13)24(27-31(46)37(52)42(38(53)32(27)47)67-10-21(62)63)17-6-8-19(59-17)25(18-7-5-16(23)58-18)28-33(48)39(54)43(40(55)34(28)49)68-11-22(64)65/h1-8,56,58-59H,9-11H2,(H,60,61)(H,62,63)(H,64,65). The lowest BCUT2D eigenvalue weighted by atomic mass is 10.0. The van der Waals surface area contributed by atoms with Gasteiger partial charge in [-0.1, -0.05) is 0 Å². The molecule has 350 valence electrons. The normalized spacial score (nSPS) is 11.9. The van der Waals surface area contributed by atoms with Gasteiger partial charge in [-0.2, -0.15) is 0 Å². The highest BCUT2D eigenvalue weighted by molar-refractivity contribution is 8.00. The molecule has 0 spiro atoms. The number of carboxylic acid groups (broad SMARTS) is 3. The Hall–Kier alpha value is -6.99. The summed E-state index contributed by atoms with van der Waals surface area (Å²) in [6.07, 6.45) is 2.22. The van der Waals surface area contributed by atoms with Crippen LogP contribution in [0, 0.1) is 69.8 Å². The number of fused-ring (bicyclic) bond motifs is 9. The van der Waals surface area contributed by atoms with Gasteiger partial charge in [-0.25, -0.2) is 57.7 Å². The molecule has 0 amide bonds. The van der Waals surface area contributed by atoms with E-state index >= 15 is 52.7 Å². The van der Waals surface area contributed by atoms with E-state index in [0.717, 1.165) is 36.4 Å². The highest BCUT2D eigenvalue weighted by Gasteiger charge is 2.33. The molecule has 0 aliphatic carbocycles. The smallest absolute Gasteiger partial charge is 0.313 e. The number of H-pyrrole nitrogens is 3. The molecular weight excluding hydrogens is 993 g/mol. The van der Waals surface area contributed by atoms with Crippen LogP contribution < -0.4 is 0 Å². The SMILES string of the molecule is O=C(O)CSc1c(F)c(F)c(-c2c3nc(c4ccc([nH]4)c(-c4c(F)c(F)c(SCC(=O)O)c(F)c4F)c4ccc([nH]4)c(-c4c(F)c(F)c(SCC(=O)O)c(F)c4F)c4ccc2[nH]4)C=C3)c(F)c1F. The highest BCUT2D eigenvalue weighted by Crippen LogP contribution is 2.45. The molecule has 0 atom stereocenters. The first-order chi connectivity index (χ1) is 32.2. The van der Waals surface area contributed by atoms with Crippen molar-refractivity contribution in [3.63, 3.8) is 0 Å². The number of aromatic amines is 3. The summed E-state index contributed by atoms with van der Waals surface area (Å²) in [4.78, 5) is 41.5. The number of carboxylic acids is 3. The third-order valence-electron chi connectivity index (χ3n) is 10.0. The summed E-state index contributed by atoms with van der Waals surface area (Å²) >= 11 is -0.335. The molecule has 0 radical (unpaired) electrons. The lowest BCUT2D eigenvalue weighted by Crippen LogP contribution is -2.06. The molecule has 25 heteroatoms. The van der Waals surface area contributed by atoms with Crippen molar-refractivity contribution in [2.24, 2.45) is 0 Å². The van der Waals surface area contributed by atoms with Crippen molar-refractivity contribution < 1.29 is 82.4 Å². The number of hydrogen-bond donors (Lipinski definition) is 6. The molecule has 6 N–H and O–H groups in total. The van der Waals surface area contributed by atoms with Gasteiger partial charge in [0.2, 0.25) is 0 Å². The second-order valence-electron chi connectivity index (χ2n) is 14.1. The second-order valence-corrected chi connectivity index (χ2v) is 17.1. The average molecular weight is 1010 g/mol. The van der Waals surface area contributed by atoms with Crippen LogP contribution in [0.4, 0.5) is 52.7 Å². The van der Waals surface area contributed by atoms with Gasteiger partial charge in [0.15, 0.2) is 69.8 Å². The average Bonchev–Trinajstić information content (AvgIpc) is 4.14. The fourth-order valence-electron chi connectivity index (χ4n) is 7.22. The Morgan fingerprint density at radius 2 is 0.618 bits per heavy atom. The minimum absolute atomic E-state index is 0.0946. The van der Waals surface area contributed by atoms with Crippen LogP contribution in [0.15, 0.2) is 51.1 Å². The van der Waals surface area contributed by atoms with Crippen LogP contribution in [0.1, 0.15) is 11.4 Å². The second kappa shape index (κ2) is 18.2. The fraction of sp³-hybridized carbons (Fsp3) is 0.0698. The summed E-state index contributed by atoms with van der Waals surface area (Å²) in [5.74, 6) is -33.1. The molecule has 0 saturated heterocycles. The first-order valence-corrected chi connectivity index (χ1v) is 21.6. The van der Waals surface area contributed by atoms with E-state index < -0.39 is 186 Å². The molecule has 1 aliphatic heterocycles. The zero-order valence-corrected chi connectivity index (χ0v) is 35.5. The highest BCUT2D eigenvalue weighted by atomic mass is 32.2. The summed E-state index contributed by atoms with van der Waals surface area (Å²) in [5, 5.41) is 27.2. The zero-order chi connectivity index (χ0) is 49.2. The number of thioether (sulfide) groups is 3. The summed E-state index contributed by atoms with van der Waals surface area (Å²) < 4.78 is 192.